The first-order chi connectivity index (χ1) is 15.2. The third-order valence-electron chi connectivity index (χ3n) is 6.94. The summed E-state index contributed by atoms with van der Waals surface area (Å²) < 4.78 is 17.2. The minimum absolute atomic E-state index is 0.151. The molecule has 3 aliphatic heterocycles. The van der Waals surface area contributed by atoms with E-state index in [0.29, 0.717) is 0 Å². The first-order valence-corrected chi connectivity index (χ1v) is 10.6. The summed E-state index contributed by atoms with van der Waals surface area (Å²) in [5.74, 6) is 0. The zero-order valence-electron chi connectivity index (χ0n) is 17.2. The number of hydrogen-bond donors (Lipinski definition) is 8. The summed E-state index contributed by atoms with van der Waals surface area (Å²) in [6, 6.07) is -4.18. The van der Waals surface area contributed by atoms with Gasteiger partial charge in [0.15, 0.2) is 6.29 Å². The third-order valence-corrected chi connectivity index (χ3v) is 6.94. The van der Waals surface area contributed by atoms with E-state index in [0.717, 1.165) is 0 Å². The van der Waals surface area contributed by atoms with Crippen molar-refractivity contribution in [3.05, 3.63) is 10.4 Å². The fraction of sp³-hybridized carbons (Fsp3) is 1.00. The highest BCUT2D eigenvalue weighted by atomic mass is 16.7. The van der Waals surface area contributed by atoms with E-state index in [1.807, 2.05) is 0 Å². The van der Waals surface area contributed by atoms with Crippen LogP contribution in [0.15, 0.2) is 5.11 Å². The number of likely N-dealkylation sites (tertiary alicyclic amines) is 1. The number of fused-ring (bicyclic) bond motifs is 2. The average molecular weight is 461 g/mol. The summed E-state index contributed by atoms with van der Waals surface area (Å²) in [5, 5.41) is 55.7. The van der Waals surface area contributed by atoms with Crippen molar-refractivity contribution in [3.8, 4) is 0 Å². The summed E-state index contributed by atoms with van der Waals surface area (Å²) in [5.41, 5.74) is 26.6. The van der Waals surface area contributed by atoms with Crippen molar-refractivity contribution in [2.24, 2.45) is 22.3 Å². The minimum Gasteiger partial charge on any atom is -0.394 e. The molecule has 2 bridgehead atoms. The van der Waals surface area contributed by atoms with Crippen LogP contribution in [0.2, 0.25) is 0 Å². The quantitative estimate of drug-likeness (QED) is 0.109. The predicted octanol–water partition coefficient (Wildman–Crippen LogP) is -4.99. The molecule has 32 heavy (non-hydrogen) atoms. The van der Waals surface area contributed by atoms with E-state index in [9.17, 15) is 25.5 Å². The van der Waals surface area contributed by atoms with Crippen LogP contribution in [0.5, 0.6) is 0 Å². The van der Waals surface area contributed by atoms with Gasteiger partial charge in [0.25, 0.3) is 0 Å². The van der Waals surface area contributed by atoms with Gasteiger partial charge in [0, 0.05) is 23.5 Å². The van der Waals surface area contributed by atoms with Crippen molar-refractivity contribution in [2.45, 2.75) is 91.9 Å². The number of aliphatic hydroxyl groups is 5. The second-order valence-electron chi connectivity index (χ2n) is 8.88. The number of nitrogens with two attached hydrogens (primary N) is 3. The number of aliphatic hydroxyl groups excluding tert-OH is 5. The summed E-state index contributed by atoms with van der Waals surface area (Å²) in [4.78, 5) is 4.39. The second kappa shape index (κ2) is 9.23. The smallest absolute Gasteiger partial charge is 0.186 e. The van der Waals surface area contributed by atoms with E-state index >= 15 is 0 Å². The molecule has 13 unspecified atom stereocenters. The standard InChI is InChI=1S/C17H31N7O8/c18-4-1-5(19)12(27)15(11(4)26)32-17-14(29)10(7(3-25)31-17)24-2-6-9(22-23-21)13(28)8(20)16(24)30-6/h4-17,25-29H,1-3,18-20H2. The van der Waals surface area contributed by atoms with Crippen LogP contribution in [0.1, 0.15) is 6.42 Å². The highest BCUT2D eigenvalue weighted by molar-refractivity contribution is 5.08. The molecule has 0 radical (unpaired) electrons. The summed E-state index contributed by atoms with van der Waals surface area (Å²) in [7, 11) is 0. The Labute approximate surface area is 183 Å². The Morgan fingerprint density at radius 3 is 2.28 bits per heavy atom. The highest BCUT2D eigenvalue weighted by Gasteiger charge is 2.58. The zero-order valence-corrected chi connectivity index (χ0v) is 17.2. The number of rotatable bonds is 5. The Kier molecular flexibility index (Phi) is 6.91. The van der Waals surface area contributed by atoms with Crippen molar-refractivity contribution in [3.63, 3.8) is 0 Å². The number of hydrogen-bond acceptors (Lipinski definition) is 13. The maximum absolute atomic E-state index is 11.0. The van der Waals surface area contributed by atoms with Gasteiger partial charge < -0.3 is 56.9 Å². The monoisotopic (exact) mass is 461 g/mol. The van der Waals surface area contributed by atoms with E-state index in [1.165, 1.54) is 0 Å². The fourth-order valence-electron chi connectivity index (χ4n) is 5.21. The SMILES string of the molecule is [N-]=[N+]=NC1C2CN(C3C(CO)OC(OC4C(O)C(N)CC(N)C4O)C3O)C(O2)C(N)C1O. The number of ether oxygens (including phenoxy) is 3. The average Bonchev–Trinajstić information content (AvgIpc) is 3.30. The molecule has 4 fully saturated rings. The molecule has 3 saturated heterocycles. The molecule has 15 heteroatoms. The number of nitrogens with zero attached hydrogens (tertiary/aromatic N) is 4. The molecule has 11 N–H and O–H groups in total. The topological polar surface area (TPSA) is 259 Å². The van der Waals surface area contributed by atoms with Gasteiger partial charge in [-0.2, -0.15) is 0 Å². The van der Waals surface area contributed by atoms with Crippen molar-refractivity contribution in [1.29, 1.82) is 0 Å². The van der Waals surface area contributed by atoms with Crippen molar-refractivity contribution in [2.75, 3.05) is 13.2 Å². The van der Waals surface area contributed by atoms with Gasteiger partial charge in [-0.1, -0.05) is 5.11 Å². The van der Waals surface area contributed by atoms with Gasteiger partial charge in [-0.15, -0.1) is 0 Å². The lowest BCUT2D eigenvalue weighted by molar-refractivity contribution is -0.241. The Bertz CT molecular complexity index is 717. The van der Waals surface area contributed by atoms with E-state index in [2.05, 4.69) is 10.0 Å². The van der Waals surface area contributed by atoms with Crippen molar-refractivity contribution >= 4 is 0 Å². The van der Waals surface area contributed by atoms with Crippen LogP contribution in [0.3, 0.4) is 0 Å². The van der Waals surface area contributed by atoms with Crippen LogP contribution in [0, 0.1) is 0 Å². The van der Waals surface area contributed by atoms with Gasteiger partial charge in [0.05, 0.1) is 49.1 Å². The molecule has 0 spiro atoms. The van der Waals surface area contributed by atoms with Crippen LogP contribution in [-0.4, -0.2) is 129 Å². The second-order valence-corrected chi connectivity index (χ2v) is 8.88. The maximum atomic E-state index is 11.0. The Hall–Kier alpha value is -1.17. The van der Waals surface area contributed by atoms with Gasteiger partial charge in [-0.05, 0) is 12.0 Å². The normalized spacial score (nSPS) is 53.9. The molecule has 1 saturated carbocycles. The molecule has 4 rings (SSSR count). The van der Waals surface area contributed by atoms with E-state index in [1.54, 1.807) is 4.90 Å². The van der Waals surface area contributed by atoms with Crippen LogP contribution in [0.25, 0.3) is 10.4 Å². The molecular formula is C17H31N7O8. The minimum atomic E-state index is -1.34. The summed E-state index contributed by atoms with van der Waals surface area (Å²) in [6.07, 6.45) is -9.75. The largest absolute Gasteiger partial charge is 0.394 e. The first-order valence-electron chi connectivity index (χ1n) is 10.6. The fourth-order valence-corrected chi connectivity index (χ4v) is 5.21. The van der Waals surface area contributed by atoms with Gasteiger partial charge >= 0.3 is 0 Å². The van der Waals surface area contributed by atoms with E-state index in [4.69, 9.17) is 36.9 Å². The molecule has 3 heterocycles. The van der Waals surface area contributed by atoms with E-state index < -0.39 is 92.1 Å². The molecule has 13 atom stereocenters. The molecule has 0 aromatic carbocycles. The Morgan fingerprint density at radius 2 is 1.69 bits per heavy atom. The molecule has 0 aromatic heterocycles. The van der Waals surface area contributed by atoms with Gasteiger partial charge in [0.2, 0.25) is 0 Å². The molecular weight excluding hydrogens is 430 g/mol. The van der Waals surface area contributed by atoms with Gasteiger partial charge in [0.1, 0.15) is 24.5 Å². The van der Waals surface area contributed by atoms with Gasteiger partial charge in [-0.25, -0.2) is 0 Å². The molecule has 0 amide bonds. The Morgan fingerprint density at radius 1 is 1.03 bits per heavy atom. The summed E-state index contributed by atoms with van der Waals surface area (Å²) >= 11 is 0. The molecule has 4 aliphatic rings. The molecule has 15 nitrogen and oxygen atoms in total. The van der Waals surface area contributed by atoms with E-state index in [-0.39, 0.29) is 13.0 Å². The van der Waals surface area contributed by atoms with Crippen molar-refractivity contribution < 1.29 is 39.7 Å². The lowest BCUT2D eigenvalue weighted by atomic mass is 9.84. The first kappa shape index (κ1) is 24.0. The Balaban J connectivity index is 1.53. The lowest BCUT2D eigenvalue weighted by Crippen LogP contribution is -2.63. The zero-order chi connectivity index (χ0) is 23.3. The molecule has 0 aromatic rings. The third kappa shape index (κ3) is 3.88. The van der Waals surface area contributed by atoms with Crippen LogP contribution in [-0.2, 0) is 14.2 Å². The van der Waals surface area contributed by atoms with Crippen LogP contribution < -0.4 is 17.2 Å². The molecule has 182 valence electrons. The van der Waals surface area contributed by atoms with Crippen molar-refractivity contribution in [1.82, 2.24) is 4.90 Å². The summed E-state index contributed by atoms with van der Waals surface area (Å²) in [6.45, 7) is -0.334. The lowest BCUT2D eigenvalue weighted by Gasteiger charge is -2.41. The predicted molar refractivity (Wildman–Crippen MR) is 105 cm³/mol. The highest BCUT2D eigenvalue weighted by Crippen LogP contribution is 2.38. The maximum Gasteiger partial charge on any atom is 0.186 e. The number of azide groups is 1. The molecule has 1 aliphatic carbocycles. The van der Waals surface area contributed by atoms with Gasteiger partial charge in [-0.3, -0.25) is 4.90 Å². The van der Waals surface area contributed by atoms with Crippen LogP contribution >= 0.6 is 0 Å². The van der Waals surface area contributed by atoms with Crippen LogP contribution in [0.4, 0.5) is 0 Å².